The summed E-state index contributed by atoms with van der Waals surface area (Å²) in [5.74, 6) is 0. The van der Waals surface area contributed by atoms with Gasteiger partial charge >= 0.3 is 0 Å². The number of hydrogen-bond donors (Lipinski definition) is 1. The van der Waals surface area contributed by atoms with Gasteiger partial charge in [0.15, 0.2) is 0 Å². The highest BCUT2D eigenvalue weighted by Crippen LogP contribution is 2.39. The van der Waals surface area contributed by atoms with Crippen molar-refractivity contribution < 1.29 is 4.39 Å². The van der Waals surface area contributed by atoms with E-state index in [4.69, 9.17) is 0 Å². The lowest BCUT2D eigenvalue weighted by Gasteiger charge is -2.37. The lowest BCUT2D eigenvalue weighted by Crippen LogP contribution is -2.49. The van der Waals surface area contributed by atoms with Crippen molar-refractivity contribution in [2.24, 2.45) is 12.5 Å². The van der Waals surface area contributed by atoms with Crippen molar-refractivity contribution in [3.05, 3.63) is 18.0 Å². The topological polar surface area (TPSA) is 33.1 Å². The summed E-state index contributed by atoms with van der Waals surface area (Å²) >= 11 is 0. The molecule has 0 radical (unpaired) electrons. The van der Waals surface area contributed by atoms with Crippen molar-refractivity contribution in [3.63, 3.8) is 0 Å². The van der Waals surface area contributed by atoms with Gasteiger partial charge in [0, 0.05) is 43.9 Å². The van der Waals surface area contributed by atoms with Gasteiger partial charge in [0.05, 0.1) is 6.20 Å². The minimum atomic E-state index is -0.641. The van der Waals surface area contributed by atoms with Gasteiger partial charge in [-0.1, -0.05) is 0 Å². The van der Waals surface area contributed by atoms with E-state index in [2.05, 4.69) is 15.3 Å². The average Bonchev–Trinajstić information content (AvgIpc) is 2.92. The van der Waals surface area contributed by atoms with Gasteiger partial charge < -0.3 is 5.32 Å². The first-order valence-corrected chi connectivity index (χ1v) is 6.73. The predicted molar refractivity (Wildman–Crippen MR) is 67.9 cm³/mol. The third-order valence-electron chi connectivity index (χ3n) is 4.35. The Morgan fingerprint density at radius 1 is 1.61 bits per heavy atom. The van der Waals surface area contributed by atoms with Crippen molar-refractivity contribution in [1.29, 1.82) is 0 Å². The molecule has 0 amide bonds. The third-order valence-corrected chi connectivity index (χ3v) is 4.35. The van der Waals surface area contributed by atoms with Crippen molar-refractivity contribution in [3.8, 4) is 0 Å². The van der Waals surface area contributed by atoms with Crippen LogP contribution in [0.3, 0.4) is 0 Å². The van der Waals surface area contributed by atoms with Gasteiger partial charge in [0.2, 0.25) is 0 Å². The number of halogens is 1. The number of alkyl halides is 1. The summed E-state index contributed by atoms with van der Waals surface area (Å²) in [6.07, 6.45) is 4.94. The van der Waals surface area contributed by atoms with E-state index in [1.54, 1.807) is 0 Å². The van der Waals surface area contributed by atoms with Crippen LogP contribution in [0.1, 0.15) is 18.4 Å². The summed E-state index contributed by atoms with van der Waals surface area (Å²) in [6.45, 7) is 4.42. The molecule has 2 aliphatic heterocycles. The zero-order chi connectivity index (χ0) is 12.6. The smallest absolute Gasteiger partial charge is 0.109 e. The Kier molecular flexibility index (Phi) is 3.11. The summed E-state index contributed by atoms with van der Waals surface area (Å²) in [4.78, 5) is 2.36. The normalized spacial score (nSPS) is 33.3. The third kappa shape index (κ3) is 2.17. The molecule has 100 valence electrons. The molecule has 0 aliphatic carbocycles. The number of aromatic nitrogens is 2. The van der Waals surface area contributed by atoms with Crippen LogP contribution in [0.25, 0.3) is 0 Å². The molecule has 1 N–H and O–H groups in total. The van der Waals surface area contributed by atoms with E-state index in [1.165, 1.54) is 5.56 Å². The highest BCUT2D eigenvalue weighted by molar-refractivity contribution is 5.06. The van der Waals surface area contributed by atoms with Crippen LogP contribution in [0, 0.1) is 5.41 Å². The predicted octanol–water partition coefficient (Wildman–Crippen LogP) is 0.944. The maximum Gasteiger partial charge on any atom is 0.109 e. The van der Waals surface area contributed by atoms with Gasteiger partial charge in [-0.25, -0.2) is 4.39 Å². The van der Waals surface area contributed by atoms with Gasteiger partial charge in [0.1, 0.15) is 6.17 Å². The van der Waals surface area contributed by atoms with E-state index in [-0.39, 0.29) is 5.41 Å². The highest BCUT2D eigenvalue weighted by atomic mass is 19.1. The SMILES string of the molecule is Cn1cc(CN2CCC3(CNCCC3F)C2)cn1. The molecule has 0 aromatic carbocycles. The number of piperidine rings is 1. The van der Waals surface area contributed by atoms with Gasteiger partial charge in [0.25, 0.3) is 0 Å². The fourth-order valence-electron chi connectivity index (χ4n) is 3.31. The molecule has 5 heteroatoms. The molecular formula is C13H21FN4. The highest BCUT2D eigenvalue weighted by Gasteiger charge is 2.46. The Hall–Kier alpha value is -0.940. The van der Waals surface area contributed by atoms with Crippen LogP contribution in [-0.2, 0) is 13.6 Å². The summed E-state index contributed by atoms with van der Waals surface area (Å²) in [6, 6.07) is 0. The lowest BCUT2D eigenvalue weighted by atomic mass is 9.78. The number of hydrogen-bond acceptors (Lipinski definition) is 3. The van der Waals surface area contributed by atoms with Gasteiger partial charge in [-0.15, -0.1) is 0 Å². The maximum absolute atomic E-state index is 14.2. The molecule has 3 rings (SSSR count). The summed E-state index contributed by atoms with van der Waals surface area (Å²) in [5, 5.41) is 7.53. The van der Waals surface area contributed by atoms with Gasteiger partial charge in [-0.3, -0.25) is 9.58 Å². The van der Waals surface area contributed by atoms with Crippen molar-refractivity contribution in [1.82, 2.24) is 20.0 Å². The molecule has 1 aromatic heterocycles. The van der Waals surface area contributed by atoms with E-state index in [1.807, 2.05) is 24.1 Å². The van der Waals surface area contributed by atoms with Crippen LogP contribution in [0.15, 0.2) is 12.4 Å². The zero-order valence-corrected chi connectivity index (χ0v) is 10.9. The van der Waals surface area contributed by atoms with Crippen molar-refractivity contribution in [2.45, 2.75) is 25.6 Å². The molecule has 3 heterocycles. The van der Waals surface area contributed by atoms with E-state index in [9.17, 15) is 4.39 Å². The van der Waals surface area contributed by atoms with E-state index in [0.29, 0.717) is 6.42 Å². The monoisotopic (exact) mass is 252 g/mol. The Morgan fingerprint density at radius 3 is 3.22 bits per heavy atom. The zero-order valence-electron chi connectivity index (χ0n) is 10.9. The number of rotatable bonds is 2. The van der Waals surface area contributed by atoms with Crippen LogP contribution in [0.2, 0.25) is 0 Å². The molecule has 0 bridgehead atoms. The largest absolute Gasteiger partial charge is 0.316 e. The van der Waals surface area contributed by atoms with Crippen LogP contribution in [-0.4, -0.2) is 47.0 Å². The van der Waals surface area contributed by atoms with Crippen molar-refractivity contribution >= 4 is 0 Å². The molecule has 2 aliphatic rings. The Bertz CT molecular complexity index is 419. The summed E-state index contributed by atoms with van der Waals surface area (Å²) in [7, 11) is 1.93. The van der Waals surface area contributed by atoms with E-state index >= 15 is 0 Å². The first kappa shape index (κ1) is 12.1. The summed E-state index contributed by atoms with van der Waals surface area (Å²) < 4.78 is 16.0. The quantitative estimate of drug-likeness (QED) is 0.850. The minimum Gasteiger partial charge on any atom is -0.316 e. The fraction of sp³-hybridized carbons (Fsp3) is 0.769. The van der Waals surface area contributed by atoms with Crippen LogP contribution in [0.4, 0.5) is 4.39 Å². The van der Waals surface area contributed by atoms with Crippen molar-refractivity contribution in [2.75, 3.05) is 26.2 Å². The molecule has 0 saturated carbocycles. The van der Waals surface area contributed by atoms with E-state index < -0.39 is 6.17 Å². The molecule has 1 aromatic rings. The van der Waals surface area contributed by atoms with E-state index in [0.717, 1.165) is 39.1 Å². The summed E-state index contributed by atoms with van der Waals surface area (Å²) in [5.41, 5.74) is 1.08. The number of nitrogens with one attached hydrogen (secondary N) is 1. The second kappa shape index (κ2) is 4.63. The first-order chi connectivity index (χ1) is 8.68. The Morgan fingerprint density at radius 2 is 2.50 bits per heavy atom. The molecule has 1 spiro atoms. The second-order valence-corrected chi connectivity index (χ2v) is 5.78. The minimum absolute atomic E-state index is 0.138. The standard InChI is InChI=1S/C13H21FN4/c1-17-7-11(6-16-17)8-18-5-3-13(10-18)9-15-4-2-12(13)14/h6-7,12,15H,2-5,8-10H2,1H3. The molecular weight excluding hydrogens is 231 g/mol. The molecule has 2 saturated heterocycles. The second-order valence-electron chi connectivity index (χ2n) is 5.78. The first-order valence-electron chi connectivity index (χ1n) is 6.73. The Balaban J connectivity index is 1.64. The number of nitrogens with zero attached hydrogens (tertiary/aromatic N) is 3. The van der Waals surface area contributed by atoms with Crippen LogP contribution >= 0.6 is 0 Å². The maximum atomic E-state index is 14.2. The van der Waals surface area contributed by atoms with Crippen LogP contribution in [0.5, 0.6) is 0 Å². The van der Waals surface area contributed by atoms with Gasteiger partial charge in [-0.2, -0.15) is 5.10 Å². The molecule has 2 unspecified atom stereocenters. The number of aryl methyl sites for hydroxylation is 1. The van der Waals surface area contributed by atoms with Crippen LogP contribution < -0.4 is 5.32 Å². The molecule has 2 fully saturated rings. The van der Waals surface area contributed by atoms with Gasteiger partial charge in [-0.05, 0) is 25.9 Å². The Labute approximate surface area is 107 Å². The lowest BCUT2D eigenvalue weighted by molar-refractivity contribution is 0.0748. The molecule has 2 atom stereocenters. The number of likely N-dealkylation sites (tertiary alicyclic amines) is 1. The molecule has 18 heavy (non-hydrogen) atoms. The molecule has 4 nitrogen and oxygen atoms in total. The fourth-order valence-corrected chi connectivity index (χ4v) is 3.31. The average molecular weight is 252 g/mol.